The minimum absolute atomic E-state index is 0.233. The first kappa shape index (κ1) is 63.6. The van der Waals surface area contributed by atoms with E-state index >= 15 is 0 Å². The Morgan fingerprint density at radius 3 is 1.49 bits per heavy atom. The highest BCUT2D eigenvalue weighted by atomic mass is 16.5. The predicted octanol–water partition coefficient (Wildman–Crippen LogP) is 21.0. The molecule has 0 heterocycles. The summed E-state index contributed by atoms with van der Waals surface area (Å²) in [6.45, 7) is 32.2. The van der Waals surface area contributed by atoms with E-state index in [1.54, 1.807) is 18.8 Å². The zero-order valence-corrected chi connectivity index (χ0v) is 51.1. The van der Waals surface area contributed by atoms with Crippen molar-refractivity contribution in [1.29, 1.82) is 0 Å². The highest BCUT2D eigenvalue weighted by Gasteiger charge is 2.54. The minimum Gasteiger partial charge on any atom is -0.502 e. The largest absolute Gasteiger partial charge is 0.502 e. The molecule has 3 unspecified atom stereocenters. The van der Waals surface area contributed by atoms with E-state index in [-0.39, 0.29) is 5.60 Å². The van der Waals surface area contributed by atoms with Crippen molar-refractivity contribution < 1.29 is 33.2 Å². The van der Waals surface area contributed by atoms with Gasteiger partial charge in [-0.2, -0.15) is 0 Å². The number of hydrogen-bond acceptors (Lipinski definition) is 7. The fraction of sp³-hybridized carbons (Fsp3) is 0.410. The van der Waals surface area contributed by atoms with Crippen LogP contribution in [0.3, 0.4) is 0 Å². The van der Waals surface area contributed by atoms with Crippen LogP contribution in [0.4, 0.5) is 0 Å². The van der Waals surface area contributed by atoms with Crippen LogP contribution >= 0.6 is 0 Å². The molecule has 7 nitrogen and oxygen atoms in total. The SMILES string of the molecule is C=COC12CC3CC(CC(C3)C1)C2.C=COCC12CC3CC(CC(C3)C1)C2.C=COCC1CC2CCC1C2(C)C.C=COCc1ccccc1.C=COc1ccc2ccccc2c1.C=COc1cccc2ccccc12.C=COc1ccccc1. The molecule has 0 aromatic heterocycles. The van der Waals surface area contributed by atoms with Crippen LogP contribution in [0.25, 0.3) is 21.5 Å². The van der Waals surface area contributed by atoms with E-state index in [1.807, 2.05) is 121 Å². The number of ether oxygens (including phenoxy) is 7. The molecule has 85 heavy (non-hydrogen) atoms. The van der Waals surface area contributed by atoms with Crippen molar-refractivity contribution in [2.75, 3.05) is 13.2 Å². The first-order valence-electron chi connectivity index (χ1n) is 31.3. The van der Waals surface area contributed by atoms with Crippen molar-refractivity contribution in [1.82, 2.24) is 0 Å². The standard InChI is InChI=1S/C13H20O.C12H18O.C12H20O.2C12H10O.C9H10O.C8H8O/c1-2-14-9-13-6-10-3-11(7-13)5-12(4-10)8-13;1-2-13-12-6-9-3-10(7-12)5-11(4-9)8-12;1-4-13-8-9-7-10-5-6-11(9)12(10,2)3;1-2-13-12-9-5-7-10-6-3-4-8-11(10)12;1-2-13-12-8-7-10-5-3-4-6-11(10)9-12;1-2-10-8-9-6-4-3-5-7-9;1-2-9-8-6-4-3-5-7-8/h2,10-12H,1,3-9H2;2,9-11H,1,3-8H2;4,9-11H,1,5-8H2,2-3H3;2*2-9H,1H2;2-7H,1,8H2;2-7H,1H2. The smallest absolute Gasteiger partial charge is 0.134 e. The molecule has 6 aromatic rings. The van der Waals surface area contributed by atoms with Crippen LogP contribution in [0.5, 0.6) is 17.2 Å². The molecule has 0 saturated heterocycles. The number of fused-ring (bicyclic) bond motifs is 4. The van der Waals surface area contributed by atoms with Gasteiger partial charge in [-0.15, -0.1) is 0 Å². The van der Waals surface area contributed by atoms with Crippen molar-refractivity contribution in [3.8, 4) is 17.2 Å². The van der Waals surface area contributed by atoms with Gasteiger partial charge in [0.05, 0.1) is 57.0 Å². The van der Waals surface area contributed by atoms with Crippen LogP contribution < -0.4 is 14.2 Å². The molecule has 10 saturated carbocycles. The Bertz CT molecular complexity index is 2970. The number of rotatable bonds is 17. The molecule has 450 valence electrons. The van der Waals surface area contributed by atoms with Gasteiger partial charge in [0.15, 0.2) is 0 Å². The van der Waals surface area contributed by atoms with Crippen LogP contribution in [0.2, 0.25) is 0 Å². The number of benzene rings is 6. The average Bonchev–Trinajstić information content (AvgIpc) is 3.65. The average molecular weight is 1150 g/mol. The summed E-state index contributed by atoms with van der Waals surface area (Å²) >= 11 is 0. The Balaban J connectivity index is 0.000000130. The second-order valence-corrected chi connectivity index (χ2v) is 25.6. The molecule has 10 aliphatic carbocycles. The summed E-state index contributed by atoms with van der Waals surface area (Å²) in [7, 11) is 0. The normalized spacial score (nSPS) is 27.2. The van der Waals surface area contributed by atoms with Gasteiger partial charge in [-0.05, 0) is 207 Å². The fourth-order valence-electron chi connectivity index (χ4n) is 16.7. The molecule has 0 spiro atoms. The third kappa shape index (κ3) is 17.8. The summed E-state index contributed by atoms with van der Waals surface area (Å²) in [5, 5.41) is 4.70. The Kier molecular flexibility index (Phi) is 23.7. The fourth-order valence-corrected chi connectivity index (χ4v) is 16.7. The molecule has 6 aromatic carbocycles. The molecular weight excluding hydrogens is 1050 g/mol. The van der Waals surface area contributed by atoms with E-state index in [0.29, 0.717) is 17.4 Å². The summed E-state index contributed by atoms with van der Waals surface area (Å²) in [4.78, 5) is 0. The van der Waals surface area contributed by atoms with Crippen LogP contribution in [0.1, 0.15) is 116 Å². The molecule has 0 amide bonds. The number of hydrogen-bond donors (Lipinski definition) is 0. The molecule has 0 N–H and O–H groups in total. The third-order valence-electron chi connectivity index (χ3n) is 19.5. The van der Waals surface area contributed by atoms with Gasteiger partial charge in [0.2, 0.25) is 0 Å². The molecule has 0 aliphatic heterocycles. The maximum Gasteiger partial charge on any atom is 0.134 e. The van der Waals surface area contributed by atoms with Crippen molar-refractivity contribution in [2.24, 2.45) is 64.1 Å². The lowest BCUT2D eigenvalue weighted by atomic mass is 9.50. The topological polar surface area (TPSA) is 64.6 Å². The Labute approximate surface area is 510 Å². The van der Waals surface area contributed by atoms with Gasteiger partial charge in [0, 0.05) is 10.8 Å². The van der Waals surface area contributed by atoms with E-state index in [0.717, 1.165) is 89.1 Å². The van der Waals surface area contributed by atoms with Crippen LogP contribution in [0.15, 0.2) is 235 Å². The molecule has 3 atom stereocenters. The lowest BCUT2D eigenvalue weighted by molar-refractivity contribution is -0.130. The highest BCUT2D eigenvalue weighted by molar-refractivity contribution is 5.88. The van der Waals surface area contributed by atoms with Gasteiger partial charge in [-0.25, -0.2) is 0 Å². The van der Waals surface area contributed by atoms with E-state index in [1.165, 1.54) is 143 Å². The minimum atomic E-state index is 0.233. The molecule has 10 fully saturated rings. The molecule has 10 bridgehead atoms. The summed E-state index contributed by atoms with van der Waals surface area (Å²) < 4.78 is 37.0. The van der Waals surface area contributed by atoms with Gasteiger partial charge in [-0.1, -0.05) is 175 Å². The van der Waals surface area contributed by atoms with Gasteiger partial charge in [-0.3, -0.25) is 0 Å². The first-order valence-corrected chi connectivity index (χ1v) is 31.3. The second kappa shape index (κ2) is 31.7. The van der Waals surface area contributed by atoms with Gasteiger partial charge < -0.3 is 33.2 Å². The first-order chi connectivity index (χ1) is 41.4. The maximum atomic E-state index is 5.81. The third-order valence-corrected chi connectivity index (χ3v) is 19.5. The zero-order valence-electron chi connectivity index (χ0n) is 51.1. The van der Waals surface area contributed by atoms with Crippen molar-refractivity contribution in [3.63, 3.8) is 0 Å². The zero-order chi connectivity index (χ0) is 59.9. The lowest BCUT2D eigenvalue weighted by Gasteiger charge is -2.56. The van der Waals surface area contributed by atoms with Crippen LogP contribution in [-0.4, -0.2) is 18.8 Å². The quantitative estimate of drug-likeness (QED) is 0.0843. The van der Waals surface area contributed by atoms with E-state index in [9.17, 15) is 0 Å². The summed E-state index contributed by atoms with van der Waals surface area (Å²) in [6.07, 6.45) is 32.1. The molecule has 0 radical (unpaired) electrons. The van der Waals surface area contributed by atoms with Crippen LogP contribution in [0, 0.1) is 64.1 Å². The Hall–Kier alpha value is -7.38. The predicted molar refractivity (Wildman–Crippen MR) is 351 cm³/mol. The summed E-state index contributed by atoms with van der Waals surface area (Å²) in [6, 6.07) is 47.7. The van der Waals surface area contributed by atoms with Gasteiger partial charge >= 0.3 is 0 Å². The van der Waals surface area contributed by atoms with Gasteiger partial charge in [0.1, 0.15) is 29.5 Å². The number of para-hydroxylation sites is 1. The molecule has 7 heteroatoms. The molecule has 10 aliphatic rings. The highest BCUT2D eigenvalue weighted by Crippen LogP contribution is 2.61. The maximum absolute atomic E-state index is 5.81. The van der Waals surface area contributed by atoms with E-state index in [2.05, 4.69) is 84.2 Å². The van der Waals surface area contributed by atoms with Crippen LogP contribution in [-0.2, 0) is 25.6 Å². The lowest BCUT2D eigenvalue weighted by Crippen LogP contribution is -2.51. The van der Waals surface area contributed by atoms with Crippen molar-refractivity contribution in [2.45, 2.75) is 122 Å². The summed E-state index contributed by atoms with van der Waals surface area (Å²) in [5.41, 5.74) is 2.54. The second-order valence-electron chi connectivity index (χ2n) is 25.6. The molecular formula is C78H96O7. The van der Waals surface area contributed by atoms with Crippen molar-refractivity contribution >= 4 is 21.5 Å². The summed E-state index contributed by atoms with van der Waals surface area (Å²) in [5.74, 6) is 11.2. The van der Waals surface area contributed by atoms with E-state index in [4.69, 9.17) is 33.2 Å². The van der Waals surface area contributed by atoms with Gasteiger partial charge in [0.25, 0.3) is 0 Å². The monoisotopic (exact) mass is 1140 g/mol. The van der Waals surface area contributed by atoms with Crippen molar-refractivity contribution in [3.05, 3.63) is 241 Å². The van der Waals surface area contributed by atoms with E-state index < -0.39 is 0 Å². The Morgan fingerprint density at radius 2 is 0.953 bits per heavy atom. The Morgan fingerprint density at radius 1 is 0.435 bits per heavy atom. The molecule has 16 rings (SSSR count).